The summed E-state index contributed by atoms with van der Waals surface area (Å²) >= 11 is 6.50. The molecule has 1 amide bonds. The van der Waals surface area contributed by atoms with E-state index in [4.69, 9.17) is 16.3 Å². The van der Waals surface area contributed by atoms with E-state index in [9.17, 15) is 23.1 Å². The van der Waals surface area contributed by atoms with Crippen LogP contribution in [0.3, 0.4) is 0 Å². The molecule has 206 valence electrons. The van der Waals surface area contributed by atoms with Crippen molar-refractivity contribution >= 4 is 34.2 Å². The molecule has 0 atom stereocenters. The van der Waals surface area contributed by atoms with Crippen LogP contribution >= 0.6 is 11.6 Å². The molecule has 1 aliphatic rings. The van der Waals surface area contributed by atoms with Crippen LogP contribution in [0, 0.1) is 5.92 Å². The molecule has 1 aliphatic heterocycles. The summed E-state index contributed by atoms with van der Waals surface area (Å²) in [6, 6.07) is 9.13. The van der Waals surface area contributed by atoms with Crippen LogP contribution < -0.4 is 10.1 Å². The summed E-state index contributed by atoms with van der Waals surface area (Å²) in [6.45, 7) is 7.79. The number of benzene rings is 2. The minimum atomic E-state index is -4.75. The van der Waals surface area contributed by atoms with Gasteiger partial charge in [-0.2, -0.15) is 0 Å². The number of fused-ring (bicyclic) bond motifs is 1. The minimum Gasteiger partial charge on any atom is -0.494 e. The van der Waals surface area contributed by atoms with Gasteiger partial charge < -0.3 is 29.4 Å². The lowest BCUT2D eigenvalue weighted by atomic mass is 9.97. The molecule has 0 spiro atoms. The Hall–Kier alpha value is -3.27. The first-order chi connectivity index (χ1) is 17.8. The number of piperidine rings is 1. The second-order valence-corrected chi connectivity index (χ2v) is 10.9. The second-order valence-electron chi connectivity index (χ2n) is 10.5. The smallest absolute Gasteiger partial charge is 0.494 e. The van der Waals surface area contributed by atoms with Crippen LogP contribution in [-0.4, -0.2) is 52.3 Å². The van der Waals surface area contributed by atoms with Crippen LogP contribution in [0.2, 0.25) is 5.02 Å². The van der Waals surface area contributed by atoms with Gasteiger partial charge in [0.05, 0.1) is 17.0 Å². The molecule has 7 nitrogen and oxygen atoms in total. The number of ether oxygens (including phenoxy) is 2. The summed E-state index contributed by atoms with van der Waals surface area (Å²) in [4.78, 5) is 14.0. The SMILES string of the molecule is CC(C)(C)OC(=O)N1CCC(CNc2cc(Cl)c3c(O)n(Cc4ccc(OC(F)(F)F)cc4)cc3c2)CC1. The van der Waals surface area contributed by atoms with Gasteiger partial charge in [-0.3, -0.25) is 0 Å². The lowest BCUT2D eigenvalue weighted by molar-refractivity contribution is -0.274. The Morgan fingerprint density at radius 1 is 1.13 bits per heavy atom. The Kier molecular flexibility index (Phi) is 7.92. The summed E-state index contributed by atoms with van der Waals surface area (Å²) in [5.41, 5.74) is 0.974. The number of halogens is 4. The first-order valence-corrected chi connectivity index (χ1v) is 12.7. The molecule has 2 heterocycles. The van der Waals surface area contributed by atoms with Crippen LogP contribution in [0.15, 0.2) is 42.6 Å². The van der Waals surface area contributed by atoms with Gasteiger partial charge >= 0.3 is 12.5 Å². The lowest BCUT2D eigenvalue weighted by Gasteiger charge is -2.33. The zero-order chi connectivity index (χ0) is 27.7. The molecule has 0 radical (unpaired) electrons. The van der Waals surface area contributed by atoms with Crippen LogP contribution in [0.5, 0.6) is 11.6 Å². The highest BCUT2D eigenvalue weighted by atomic mass is 35.5. The van der Waals surface area contributed by atoms with E-state index < -0.39 is 12.0 Å². The first kappa shape index (κ1) is 27.8. The number of amides is 1. The van der Waals surface area contributed by atoms with Crippen molar-refractivity contribution in [2.75, 3.05) is 25.0 Å². The number of aromatic hydroxyl groups is 1. The van der Waals surface area contributed by atoms with Crippen molar-refractivity contribution in [1.29, 1.82) is 0 Å². The number of hydrogen-bond donors (Lipinski definition) is 2. The summed E-state index contributed by atoms with van der Waals surface area (Å²) in [5, 5.41) is 15.8. The van der Waals surface area contributed by atoms with Crippen LogP contribution in [0.1, 0.15) is 39.2 Å². The Labute approximate surface area is 224 Å². The third-order valence-corrected chi connectivity index (χ3v) is 6.58. The van der Waals surface area contributed by atoms with Crippen LogP contribution in [-0.2, 0) is 11.3 Å². The van der Waals surface area contributed by atoms with Crippen molar-refractivity contribution in [3.63, 3.8) is 0 Å². The molecule has 0 unspecified atom stereocenters. The molecule has 1 saturated heterocycles. The zero-order valence-electron chi connectivity index (χ0n) is 21.4. The summed E-state index contributed by atoms with van der Waals surface area (Å²) in [7, 11) is 0. The number of rotatable bonds is 6. The largest absolute Gasteiger partial charge is 0.573 e. The van der Waals surface area contributed by atoms with E-state index in [1.165, 1.54) is 24.3 Å². The third kappa shape index (κ3) is 7.18. The molecule has 0 aliphatic carbocycles. The average Bonchev–Trinajstić information content (AvgIpc) is 3.12. The van der Waals surface area contributed by atoms with E-state index in [-0.39, 0.29) is 24.3 Å². The van der Waals surface area contributed by atoms with Gasteiger partial charge in [0.25, 0.3) is 0 Å². The molecule has 1 fully saturated rings. The van der Waals surface area contributed by atoms with E-state index >= 15 is 0 Å². The number of hydrogen-bond acceptors (Lipinski definition) is 5. The molecular weight excluding hydrogens is 523 g/mol. The number of nitrogens with zero attached hydrogens (tertiary/aromatic N) is 2. The predicted molar refractivity (Wildman–Crippen MR) is 140 cm³/mol. The minimum absolute atomic E-state index is 0.0262. The van der Waals surface area contributed by atoms with E-state index in [1.807, 2.05) is 26.8 Å². The van der Waals surface area contributed by atoms with Crippen molar-refractivity contribution in [3.05, 3.63) is 53.2 Å². The van der Waals surface area contributed by atoms with Crippen molar-refractivity contribution in [2.24, 2.45) is 5.92 Å². The van der Waals surface area contributed by atoms with Gasteiger partial charge in [0.15, 0.2) is 0 Å². The predicted octanol–water partition coefficient (Wildman–Crippen LogP) is 7.01. The standard InChI is InChI=1S/C27H31ClF3N3O4/c1-26(2,3)38-25(36)33-10-8-17(9-11-33)14-32-20-12-19-16-34(24(35)23(19)22(28)13-20)15-18-4-6-21(7-5-18)37-27(29,30)31/h4-7,12-13,16-17,32,35H,8-11,14-15H2,1-3H3. The third-order valence-electron chi connectivity index (χ3n) is 6.28. The normalized spacial score (nSPS) is 15.1. The quantitative estimate of drug-likeness (QED) is 0.343. The Balaban J connectivity index is 1.37. The molecule has 2 N–H and O–H groups in total. The van der Waals surface area contributed by atoms with E-state index in [2.05, 4.69) is 10.1 Å². The van der Waals surface area contributed by atoms with E-state index in [0.717, 1.165) is 23.9 Å². The number of alkyl halides is 3. The highest BCUT2D eigenvalue weighted by Crippen LogP contribution is 2.37. The van der Waals surface area contributed by atoms with E-state index in [0.29, 0.717) is 41.5 Å². The maximum Gasteiger partial charge on any atom is 0.573 e. The molecular formula is C27H31ClF3N3O4. The number of aromatic nitrogens is 1. The highest BCUT2D eigenvalue weighted by molar-refractivity contribution is 6.36. The highest BCUT2D eigenvalue weighted by Gasteiger charge is 2.31. The summed E-state index contributed by atoms with van der Waals surface area (Å²) in [6.07, 6.45) is -1.58. The number of anilines is 1. The fourth-order valence-electron chi connectivity index (χ4n) is 4.46. The van der Waals surface area contributed by atoms with Crippen molar-refractivity contribution in [3.8, 4) is 11.6 Å². The number of carbonyl (C=O) groups is 1. The number of carbonyl (C=O) groups excluding carboxylic acids is 1. The summed E-state index contributed by atoms with van der Waals surface area (Å²) in [5.74, 6) is 0.0459. The van der Waals surface area contributed by atoms with Gasteiger partial charge in [-0.15, -0.1) is 13.2 Å². The molecule has 2 aromatic carbocycles. The van der Waals surface area contributed by atoms with Crippen LogP contribution in [0.4, 0.5) is 23.7 Å². The molecule has 0 bridgehead atoms. The topological polar surface area (TPSA) is 76.0 Å². The van der Waals surface area contributed by atoms with Gasteiger partial charge in [-0.1, -0.05) is 23.7 Å². The fraction of sp³-hybridized carbons (Fsp3) is 0.444. The first-order valence-electron chi connectivity index (χ1n) is 12.4. The number of likely N-dealkylation sites (tertiary alicyclic amines) is 1. The summed E-state index contributed by atoms with van der Waals surface area (Å²) < 4.78 is 48.1. The molecule has 1 aromatic heterocycles. The van der Waals surface area contributed by atoms with Crippen molar-refractivity contribution in [1.82, 2.24) is 9.47 Å². The molecule has 3 aromatic rings. The van der Waals surface area contributed by atoms with Gasteiger partial charge in [0, 0.05) is 36.9 Å². The van der Waals surface area contributed by atoms with E-state index in [1.54, 1.807) is 21.7 Å². The maximum absolute atomic E-state index is 12.4. The fourth-order valence-corrected chi connectivity index (χ4v) is 4.77. The maximum atomic E-state index is 12.4. The van der Waals surface area contributed by atoms with Crippen LogP contribution in [0.25, 0.3) is 10.8 Å². The molecule has 4 rings (SSSR count). The number of nitrogens with one attached hydrogen (secondary N) is 1. The Bertz CT molecular complexity index is 1280. The monoisotopic (exact) mass is 553 g/mol. The van der Waals surface area contributed by atoms with Crippen molar-refractivity contribution < 1.29 is 32.5 Å². The molecule has 0 saturated carbocycles. The van der Waals surface area contributed by atoms with Gasteiger partial charge in [0.2, 0.25) is 5.88 Å². The zero-order valence-corrected chi connectivity index (χ0v) is 22.2. The lowest BCUT2D eigenvalue weighted by Crippen LogP contribution is -2.42. The van der Waals surface area contributed by atoms with Gasteiger partial charge in [-0.05, 0) is 69.4 Å². The Morgan fingerprint density at radius 2 is 1.79 bits per heavy atom. The Morgan fingerprint density at radius 3 is 2.39 bits per heavy atom. The van der Waals surface area contributed by atoms with Gasteiger partial charge in [-0.25, -0.2) is 4.79 Å². The molecule has 11 heteroatoms. The average molecular weight is 554 g/mol. The van der Waals surface area contributed by atoms with Crippen molar-refractivity contribution in [2.45, 2.75) is 52.1 Å². The second kappa shape index (κ2) is 10.8. The van der Waals surface area contributed by atoms with Gasteiger partial charge in [0.1, 0.15) is 11.4 Å². The molecule has 38 heavy (non-hydrogen) atoms.